The topological polar surface area (TPSA) is 29.0 Å². The lowest BCUT2D eigenvalue weighted by molar-refractivity contribution is 0.568. The normalized spacial score (nSPS) is 14.2. The molecule has 3 heteroatoms. The molecule has 1 fully saturated rings. The smallest absolute Gasteiger partial charge is 0.226 e. The van der Waals surface area contributed by atoms with E-state index in [1.54, 1.807) is 0 Å². The van der Waals surface area contributed by atoms with Gasteiger partial charge in [0.2, 0.25) is 5.95 Å². The maximum atomic E-state index is 5.14. The molecule has 1 saturated heterocycles. The first-order valence-electron chi connectivity index (χ1n) is 11.0. The summed E-state index contributed by atoms with van der Waals surface area (Å²) < 4.78 is 0. The zero-order valence-electron chi connectivity index (χ0n) is 17.3. The highest BCUT2D eigenvalue weighted by molar-refractivity contribution is 5.86. The van der Waals surface area contributed by atoms with Gasteiger partial charge in [0.05, 0.1) is 11.2 Å². The van der Waals surface area contributed by atoms with E-state index < -0.39 is 0 Å². The molecule has 5 rings (SSSR count). The first-order chi connectivity index (χ1) is 14.9. The third-order valence-electron chi connectivity index (χ3n) is 5.96. The Morgan fingerprint density at radius 1 is 0.633 bits per heavy atom. The Morgan fingerprint density at radius 2 is 1.30 bits per heavy atom. The van der Waals surface area contributed by atoms with E-state index in [4.69, 9.17) is 9.97 Å². The molecule has 30 heavy (non-hydrogen) atoms. The molecular weight excluding hydrogens is 366 g/mol. The molecule has 0 atom stereocenters. The van der Waals surface area contributed by atoms with Crippen molar-refractivity contribution in [2.75, 3.05) is 18.0 Å². The minimum atomic E-state index is 0.826. The van der Waals surface area contributed by atoms with Crippen molar-refractivity contribution in [1.82, 2.24) is 9.97 Å². The Bertz CT molecular complexity index is 1120. The van der Waals surface area contributed by atoms with E-state index in [0.29, 0.717) is 0 Å². The third-order valence-corrected chi connectivity index (χ3v) is 5.96. The summed E-state index contributed by atoms with van der Waals surface area (Å²) in [6.07, 6.45) is 5.48. The second-order valence-corrected chi connectivity index (χ2v) is 8.15. The van der Waals surface area contributed by atoms with Crippen LogP contribution in [0.4, 0.5) is 5.95 Å². The molecule has 3 nitrogen and oxygen atoms in total. The molecule has 3 aromatic carbocycles. The molecule has 4 aromatic rings. The summed E-state index contributed by atoms with van der Waals surface area (Å²) in [5.41, 5.74) is 6.10. The molecule has 0 N–H and O–H groups in total. The number of anilines is 1. The fourth-order valence-electron chi connectivity index (χ4n) is 4.44. The van der Waals surface area contributed by atoms with Gasteiger partial charge in [0.15, 0.2) is 0 Å². The first-order valence-corrected chi connectivity index (χ1v) is 11.0. The summed E-state index contributed by atoms with van der Waals surface area (Å²) in [6, 6.07) is 27.8. The van der Waals surface area contributed by atoms with Crippen molar-refractivity contribution >= 4 is 16.9 Å². The molecule has 0 amide bonds. The van der Waals surface area contributed by atoms with Crippen LogP contribution < -0.4 is 4.90 Å². The van der Waals surface area contributed by atoms with E-state index in [9.17, 15) is 0 Å². The number of benzene rings is 3. The Labute approximate surface area is 178 Å². The van der Waals surface area contributed by atoms with Gasteiger partial charge in [-0.15, -0.1) is 0 Å². The lowest BCUT2D eigenvalue weighted by Crippen LogP contribution is -2.31. The van der Waals surface area contributed by atoms with E-state index in [0.717, 1.165) is 43.1 Å². The quantitative estimate of drug-likeness (QED) is 0.429. The molecule has 2 heterocycles. The van der Waals surface area contributed by atoms with Crippen molar-refractivity contribution in [2.45, 2.75) is 32.1 Å². The summed E-state index contributed by atoms with van der Waals surface area (Å²) >= 11 is 0. The fourth-order valence-corrected chi connectivity index (χ4v) is 4.44. The molecule has 0 saturated carbocycles. The van der Waals surface area contributed by atoms with E-state index in [2.05, 4.69) is 83.8 Å². The van der Waals surface area contributed by atoms with E-state index >= 15 is 0 Å². The average Bonchev–Trinajstić information content (AvgIpc) is 2.81. The number of hydrogen-bond acceptors (Lipinski definition) is 3. The summed E-state index contributed by atoms with van der Waals surface area (Å²) in [7, 11) is 0. The highest BCUT2D eigenvalue weighted by Crippen LogP contribution is 2.28. The zero-order chi connectivity index (χ0) is 20.2. The minimum absolute atomic E-state index is 0.826. The molecule has 1 aromatic heterocycles. The molecule has 0 spiro atoms. The number of aromatic nitrogens is 2. The Morgan fingerprint density at radius 3 is 2.00 bits per heavy atom. The molecule has 1 aliphatic rings. The molecule has 150 valence electrons. The fraction of sp³-hybridized carbons (Fsp3) is 0.259. The SMILES string of the molecule is c1ccc(Cc2cccc3nc(N4CCCCC4)nc(Cc4ccccc4)c23)cc1. The minimum Gasteiger partial charge on any atom is -0.341 e. The van der Waals surface area contributed by atoms with Crippen LogP contribution in [0.15, 0.2) is 78.9 Å². The van der Waals surface area contributed by atoms with Crippen LogP contribution in [0.1, 0.15) is 41.6 Å². The number of hydrogen-bond donors (Lipinski definition) is 0. The van der Waals surface area contributed by atoms with Crippen molar-refractivity contribution in [1.29, 1.82) is 0 Å². The van der Waals surface area contributed by atoms with E-state index in [-0.39, 0.29) is 0 Å². The van der Waals surface area contributed by atoms with Crippen molar-refractivity contribution in [3.63, 3.8) is 0 Å². The maximum Gasteiger partial charge on any atom is 0.226 e. The Hall–Kier alpha value is -3.20. The van der Waals surface area contributed by atoms with Gasteiger partial charge in [-0.05, 0) is 48.4 Å². The number of piperidine rings is 1. The molecule has 0 aliphatic carbocycles. The van der Waals surface area contributed by atoms with Crippen molar-refractivity contribution in [3.05, 3.63) is 101 Å². The highest BCUT2D eigenvalue weighted by atomic mass is 15.3. The average molecular weight is 394 g/mol. The van der Waals surface area contributed by atoms with Gasteiger partial charge in [-0.25, -0.2) is 9.97 Å². The van der Waals surface area contributed by atoms with Crippen molar-refractivity contribution in [2.24, 2.45) is 0 Å². The molecule has 0 unspecified atom stereocenters. The largest absolute Gasteiger partial charge is 0.341 e. The first kappa shape index (κ1) is 18.8. The molecular formula is C27H27N3. The molecule has 0 radical (unpaired) electrons. The van der Waals surface area contributed by atoms with Crippen LogP contribution in [-0.4, -0.2) is 23.1 Å². The number of rotatable bonds is 5. The van der Waals surface area contributed by atoms with Crippen LogP contribution in [0.2, 0.25) is 0 Å². The zero-order valence-corrected chi connectivity index (χ0v) is 17.3. The molecule has 1 aliphatic heterocycles. The van der Waals surface area contributed by atoms with Crippen LogP contribution in [0.5, 0.6) is 0 Å². The van der Waals surface area contributed by atoms with Crippen LogP contribution in [-0.2, 0) is 12.8 Å². The van der Waals surface area contributed by atoms with Gasteiger partial charge in [-0.2, -0.15) is 0 Å². The van der Waals surface area contributed by atoms with Gasteiger partial charge >= 0.3 is 0 Å². The second kappa shape index (κ2) is 8.66. The van der Waals surface area contributed by atoms with Crippen molar-refractivity contribution in [3.8, 4) is 0 Å². The van der Waals surface area contributed by atoms with Crippen LogP contribution in [0.25, 0.3) is 10.9 Å². The van der Waals surface area contributed by atoms with E-state index in [1.165, 1.54) is 41.3 Å². The number of fused-ring (bicyclic) bond motifs is 1. The maximum absolute atomic E-state index is 5.14. The lowest BCUT2D eigenvalue weighted by atomic mass is 9.97. The third kappa shape index (κ3) is 4.06. The Balaban J connectivity index is 1.62. The van der Waals surface area contributed by atoms with Crippen LogP contribution >= 0.6 is 0 Å². The highest BCUT2D eigenvalue weighted by Gasteiger charge is 2.18. The Kier molecular flexibility index (Phi) is 5.43. The van der Waals surface area contributed by atoms with Gasteiger partial charge in [0, 0.05) is 24.9 Å². The second-order valence-electron chi connectivity index (χ2n) is 8.15. The summed E-state index contributed by atoms with van der Waals surface area (Å²) in [6.45, 7) is 2.11. The van der Waals surface area contributed by atoms with Crippen molar-refractivity contribution < 1.29 is 0 Å². The van der Waals surface area contributed by atoms with Gasteiger partial charge in [-0.3, -0.25) is 0 Å². The monoisotopic (exact) mass is 393 g/mol. The number of nitrogens with zero attached hydrogens (tertiary/aromatic N) is 3. The standard InChI is InChI=1S/C27H27N3/c1-4-11-21(12-5-1)19-23-15-10-16-24-26(23)25(20-22-13-6-2-7-14-22)29-27(28-24)30-17-8-3-9-18-30/h1-2,4-7,10-16H,3,8-9,17-20H2. The van der Waals surface area contributed by atoms with Crippen LogP contribution in [0, 0.1) is 0 Å². The van der Waals surface area contributed by atoms with Gasteiger partial charge in [-0.1, -0.05) is 72.8 Å². The van der Waals surface area contributed by atoms with Crippen LogP contribution in [0.3, 0.4) is 0 Å². The molecule has 0 bridgehead atoms. The van der Waals surface area contributed by atoms with E-state index in [1.807, 2.05) is 0 Å². The predicted octanol–water partition coefficient (Wildman–Crippen LogP) is 5.80. The lowest BCUT2D eigenvalue weighted by Gasteiger charge is -2.27. The summed E-state index contributed by atoms with van der Waals surface area (Å²) in [5, 5.41) is 1.21. The summed E-state index contributed by atoms with van der Waals surface area (Å²) in [4.78, 5) is 12.5. The van der Waals surface area contributed by atoms with Gasteiger partial charge < -0.3 is 4.90 Å². The van der Waals surface area contributed by atoms with Gasteiger partial charge in [0.1, 0.15) is 0 Å². The van der Waals surface area contributed by atoms with Gasteiger partial charge in [0.25, 0.3) is 0 Å². The predicted molar refractivity (Wildman–Crippen MR) is 124 cm³/mol. The summed E-state index contributed by atoms with van der Waals surface area (Å²) in [5.74, 6) is 0.894.